The van der Waals surface area contributed by atoms with Crippen LogP contribution in [0, 0.1) is 6.92 Å². The SMILES string of the molecule is Cc1cccc(-c2nnc([C@@H](C)N3CCN(Cc4ccc(C(C)C)cc4)CC3)o2)c1. The number of hydrogen-bond acceptors (Lipinski definition) is 5. The van der Waals surface area contributed by atoms with Gasteiger partial charge in [0.15, 0.2) is 0 Å². The summed E-state index contributed by atoms with van der Waals surface area (Å²) in [5, 5.41) is 8.61. The second-order valence-electron chi connectivity index (χ2n) is 8.70. The molecule has 4 rings (SSSR count). The Morgan fingerprint density at radius 1 is 0.933 bits per heavy atom. The van der Waals surface area contributed by atoms with E-state index in [2.05, 4.69) is 84.1 Å². The molecular weight excluding hydrogens is 372 g/mol. The lowest BCUT2D eigenvalue weighted by Gasteiger charge is -2.36. The van der Waals surface area contributed by atoms with Crippen LogP contribution >= 0.6 is 0 Å². The van der Waals surface area contributed by atoms with Gasteiger partial charge in [-0.25, -0.2) is 0 Å². The zero-order valence-corrected chi connectivity index (χ0v) is 18.5. The van der Waals surface area contributed by atoms with Crippen molar-refractivity contribution in [2.45, 2.75) is 46.2 Å². The molecule has 0 amide bonds. The molecule has 1 aliphatic heterocycles. The van der Waals surface area contributed by atoms with Crippen molar-refractivity contribution >= 4 is 0 Å². The molecule has 5 nitrogen and oxygen atoms in total. The zero-order chi connectivity index (χ0) is 21.1. The predicted molar refractivity (Wildman–Crippen MR) is 120 cm³/mol. The number of aromatic nitrogens is 2. The van der Waals surface area contributed by atoms with Crippen molar-refractivity contribution in [3.63, 3.8) is 0 Å². The molecule has 1 fully saturated rings. The summed E-state index contributed by atoms with van der Waals surface area (Å²) in [4.78, 5) is 4.96. The van der Waals surface area contributed by atoms with E-state index in [1.165, 1.54) is 16.7 Å². The first-order valence-corrected chi connectivity index (χ1v) is 11.0. The Morgan fingerprint density at radius 2 is 1.67 bits per heavy atom. The van der Waals surface area contributed by atoms with E-state index >= 15 is 0 Å². The molecule has 1 saturated heterocycles. The third kappa shape index (κ3) is 4.79. The van der Waals surface area contributed by atoms with Gasteiger partial charge in [-0.3, -0.25) is 9.80 Å². The standard InChI is InChI=1S/C25H32N4O/c1-18(2)22-10-8-21(9-11-22)17-28-12-14-29(15-13-28)20(4)24-26-27-25(30-24)23-7-5-6-19(3)16-23/h5-11,16,18,20H,12-15,17H2,1-4H3/t20-/m1/s1. The van der Waals surface area contributed by atoms with Crippen LogP contribution in [0.4, 0.5) is 0 Å². The van der Waals surface area contributed by atoms with E-state index in [-0.39, 0.29) is 6.04 Å². The van der Waals surface area contributed by atoms with Crippen molar-refractivity contribution in [3.05, 3.63) is 71.1 Å². The molecule has 2 heterocycles. The summed E-state index contributed by atoms with van der Waals surface area (Å²) >= 11 is 0. The maximum atomic E-state index is 6.02. The lowest BCUT2D eigenvalue weighted by atomic mass is 10.0. The molecule has 1 aliphatic rings. The van der Waals surface area contributed by atoms with Gasteiger partial charge in [0.25, 0.3) is 0 Å². The van der Waals surface area contributed by atoms with Crippen LogP contribution in [0.3, 0.4) is 0 Å². The summed E-state index contributed by atoms with van der Waals surface area (Å²) in [6.45, 7) is 13.8. The molecule has 0 aliphatic carbocycles. The Bertz CT molecular complexity index is 955. The molecule has 5 heteroatoms. The summed E-state index contributed by atoms with van der Waals surface area (Å²) in [5.41, 5.74) is 4.96. The van der Waals surface area contributed by atoms with Crippen molar-refractivity contribution in [1.29, 1.82) is 0 Å². The van der Waals surface area contributed by atoms with Crippen LogP contribution in [-0.4, -0.2) is 46.2 Å². The fourth-order valence-electron chi connectivity index (χ4n) is 4.03. The molecule has 30 heavy (non-hydrogen) atoms. The number of nitrogens with zero attached hydrogens (tertiary/aromatic N) is 4. The minimum atomic E-state index is 0.128. The van der Waals surface area contributed by atoms with Crippen LogP contribution in [-0.2, 0) is 6.54 Å². The van der Waals surface area contributed by atoms with Crippen LogP contribution in [0.2, 0.25) is 0 Å². The fourth-order valence-corrected chi connectivity index (χ4v) is 4.03. The number of rotatable bonds is 6. The van der Waals surface area contributed by atoms with Gasteiger partial charge in [-0.1, -0.05) is 55.8 Å². The summed E-state index contributed by atoms with van der Waals surface area (Å²) < 4.78 is 6.02. The smallest absolute Gasteiger partial charge is 0.247 e. The van der Waals surface area contributed by atoms with E-state index < -0.39 is 0 Å². The second kappa shape index (κ2) is 9.11. The predicted octanol–water partition coefficient (Wildman–Crippen LogP) is 5.05. The third-order valence-corrected chi connectivity index (χ3v) is 6.07. The van der Waals surface area contributed by atoms with Crippen LogP contribution in [0.15, 0.2) is 52.9 Å². The number of hydrogen-bond donors (Lipinski definition) is 0. The van der Waals surface area contributed by atoms with Gasteiger partial charge >= 0.3 is 0 Å². The summed E-state index contributed by atoms with van der Waals surface area (Å²) in [6, 6.07) is 17.4. The van der Waals surface area contributed by atoms with Crippen LogP contribution in [0.5, 0.6) is 0 Å². The van der Waals surface area contributed by atoms with Crippen molar-refractivity contribution < 1.29 is 4.42 Å². The van der Waals surface area contributed by atoms with Gasteiger partial charge < -0.3 is 4.42 Å². The fraction of sp³-hybridized carbons (Fsp3) is 0.440. The van der Waals surface area contributed by atoms with Crippen LogP contribution in [0.25, 0.3) is 11.5 Å². The zero-order valence-electron chi connectivity index (χ0n) is 18.5. The molecule has 0 N–H and O–H groups in total. The molecule has 0 saturated carbocycles. The molecule has 3 aromatic rings. The first kappa shape index (κ1) is 20.8. The summed E-state index contributed by atoms with van der Waals surface area (Å²) in [5.74, 6) is 1.88. The van der Waals surface area contributed by atoms with Crippen molar-refractivity contribution in [3.8, 4) is 11.5 Å². The Morgan fingerprint density at radius 3 is 2.33 bits per heavy atom. The molecule has 0 radical (unpaired) electrons. The average Bonchev–Trinajstić information content (AvgIpc) is 3.24. The molecule has 0 bridgehead atoms. The highest BCUT2D eigenvalue weighted by Gasteiger charge is 2.26. The molecular formula is C25H32N4O. The number of aryl methyl sites for hydroxylation is 1. The van der Waals surface area contributed by atoms with E-state index in [4.69, 9.17) is 4.42 Å². The normalized spacial score (nSPS) is 16.8. The average molecular weight is 405 g/mol. The van der Waals surface area contributed by atoms with Crippen molar-refractivity contribution in [2.24, 2.45) is 0 Å². The first-order chi connectivity index (χ1) is 14.5. The highest BCUT2D eigenvalue weighted by atomic mass is 16.4. The third-order valence-electron chi connectivity index (χ3n) is 6.07. The lowest BCUT2D eigenvalue weighted by Crippen LogP contribution is -2.46. The molecule has 158 valence electrons. The Hall–Kier alpha value is -2.50. The summed E-state index contributed by atoms with van der Waals surface area (Å²) in [7, 11) is 0. The lowest BCUT2D eigenvalue weighted by molar-refractivity contribution is 0.0876. The van der Waals surface area contributed by atoms with Gasteiger partial charge in [-0.05, 0) is 43.0 Å². The van der Waals surface area contributed by atoms with Gasteiger partial charge in [0.1, 0.15) is 0 Å². The van der Waals surface area contributed by atoms with Gasteiger partial charge in [-0.15, -0.1) is 10.2 Å². The summed E-state index contributed by atoms with van der Waals surface area (Å²) in [6.07, 6.45) is 0. The second-order valence-corrected chi connectivity index (χ2v) is 8.70. The van der Waals surface area contributed by atoms with Crippen molar-refractivity contribution in [2.75, 3.05) is 26.2 Å². The topological polar surface area (TPSA) is 45.4 Å². The minimum absolute atomic E-state index is 0.128. The van der Waals surface area contributed by atoms with E-state index in [9.17, 15) is 0 Å². The molecule has 0 unspecified atom stereocenters. The van der Waals surface area contributed by atoms with Gasteiger partial charge in [0.2, 0.25) is 11.8 Å². The van der Waals surface area contributed by atoms with Crippen LogP contribution in [0.1, 0.15) is 55.3 Å². The Balaban J connectivity index is 1.32. The first-order valence-electron chi connectivity index (χ1n) is 11.0. The highest BCUT2D eigenvalue weighted by Crippen LogP contribution is 2.25. The molecule has 1 atom stereocenters. The Kier molecular flexibility index (Phi) is 6.30. The largest absolute Gasteiger partial charge is 0.419 e. The van der Waals surface area contributed by atoms with Gasteiger partial charge in [0.05, 0.1) is 6.04 Å². The quantitative estimate of drug-likeness (QED) is 0.575. The van der Waals surface area contributed by atoms with Gasteiger partial charge in [-0.2, -0.15) is 0 Å². The van der Waals surface area contributed by atoms with Gasteiger partial charge in [0, 0.05) is 38.3 Å². The maximum absolute atomic E-state index is 6.02. The number of benzene rings is 2. The Labute approximate surface area is 179 Å². The van der Waals surface area contributed by atoms with Crippen molar-refractivity contribution in [1.82, 2.24) is 20.0 Å². The van der Waals surface area contributed by atoms with E-state index in [0.717, 1.165) is 38.3 Å². The molecule has 1 aromatic heterocycles. The highest BCUT2D eigenvalue weighted by molar-refractivity contribution is 5.53. The number of piperazine rings is 1. The molecule has 0 spiro atoms. The minimum Gasteiger partial charge on any atom is -0.419 e. The maximum Gasteiger partial charge on any atom is 0.247 e. The monoisotopic (exact) mass is 404 g/mol. The van der Waals surface area contributed by atoms with E-state index in [0.29, 0.717) is 17.7 Å². The van der Waals surface area contributed by atoms with E-state index in [1.54, 1.807) is 0 Å². The molecule has 2 aromatic carbocycles. The van der Waals surface area contributed by atoms with Crippen LogP contribution < -0.4 is 0 Å². The van der Waals surface area contributed by atoms with E-state index in [1.807, 2.05) is 12.1 Å².